The quantitative estimate of drug-likeness (QED) is 0.415. The first-order chi connectivity index (χ1) is 14.4. The number of amides is 1. The molecule has 0 spiro atoms. The molecule has 0 saturated heterocycles. The molecule has 0 saturated carbocycles. The highest BCUT2D eigenvalue weighted by molar-refractivity contribution is 5.97. The van der Waals surface area contributed by atoms with Gasteiger partial charge < -0.3 is 19.1 Å². The molecule has 0 radical (unpaired) electrons. The SMILES string of the molecule is CCOc1ccc(C(=O)CCC(=O)OCC(=O)N(C)Cc2ccc(OC)cc2)cc1. The Bertz CT molecular complexity index is 845. The van der Waals surface area contributed by atoms with Gasteiger partial charge in [-0.1, -0.05) is 12.1 Å². The number of carbonyl (C=O) groups is 3. The zero-order valence-corrected chi connectivity index (χ0v) is 17.6. The monoisotopic (exact) mass is 413 g/mol. The van der Waals surface area contributed by atoms with Crippen molar-refractivity contribution in [1.82, 2.24) is 4.90 Å². The zero-order valence-electron chi connectivity index (χ0n) is 17.6. The van der Waals surface area contributed by atoms with Gasteiger partial charge in [-0.2, -0.15) is 0 Å². The number of benzene rings is 2. The highest BCUT2D eigenvalue weighted by atomic mass is 16.5. The van der Waals surface area contributed by atoms with Crippen molar-refractivity contribution in [3.63, 3.8) is 0 Å². The molecule has 0 heterocycles. The minimum Gasteiger partial charge on any atom is -0.497 e. The van der Waals surface area contributed by atoms with Crippen LogP contribution in [0.15, 0.2) is 48.5 Å². The van der Waals surface area contributed by atoms with Gasteiger partial charge in [0.1, 0.15) is 11.5 Å². The molecule has 0 aromatic heterocycles. The van der Waals surface area contributed by atoms with Crippen LogP contribution < -0.4 is 9.47 Å². The maximum Gasteiger partial charge on any atom is 0.306 e. The van der Waals surface area contributed by atoms with E-state index in [4.69, 9.17) is 14.2 Å². The van der Waals surface area contributed by atoms with E-state index in [1.807, 2.05) is 31.2 Å². The molecule has 7 heteroatoms. The van der Waals surface area contributed by atoms with Gasteiger partial charge >= 0.3 is 5.97 Å². The van der Waals surface area contributed by atoms with Crippen molar-refractivity contribution in [1.29, 1.82) is 0 Å². The molecule has 0 aliphatic carbocycles. The van der Waals surface area contributed by atoms with Crippen LogP contribution in [0.4, 0.5) is 0 Å². The first kappa shape index (κ1) is 22.9. The predicted octanol–water partition coefficient (Wildman–Crippen LogP) is 3.26. The van der Waals surface area contributed by atoms with Crippen molar-refractivity contribution < 1.29 is 28.6 Å². The number of rotatable bonds is 11. The lowest BCUT2D eigenvalue weighted by molar-refractivity contribution is -0.151. The number of Topliss-reactive ketones (excluding diaryl/α,β-unsaturated/α-hetero) is 1. The van der Waals surface area contributed by atoms with Crippen molar-refractivity contribution in [3.05, 3.63) is 59.7 Å². The van der Waals surface area contributed by atoms with Gasteiger partial charge in [-0.3, -0.25) is 14.4 Å². The van der Waals surface area contributed by atoms with E-state index < -0.39 is 5.97 Å². The van der Waals surface area contributed by atoms with Crippen molar-refractivity contribution in [2.75, 3.05) is 27.4 Å². The number of ether oxygens (including phenoxy) is 3. The molecule has 0 N–H and O–H groups in total. The summed E-state index contributed by atoms with van der Waals surface area (Å²) in [6.45, 7) is 2.46. The maximum atomic E-state index is 12.2. The van der Waals surface area contributed by atoms with Gasteiger partial charge in [-0.25, -0.2) is 0 Å². The van der Waals surface area contributed by atoms with Gasteiger partial charge in [0, 0.05) is 25.6 Å². The molecular formula is C23H27NO6. The Labute approximate surface area is 176 Å². The summed E-state index contributed by atoms with van der Waals surface area (Å²) in [5, 5.41) is 0. The molecule has 7 nitrogen and oxygen atoms in total. The van der Waals surface area contributed by atoms with Crippen molar-refractivity contribution >= 4 is 17.7 Å². The molecule has 2 aromatic rings. The molecule has 0 atom stereocenters. The number of hydrogen-bond donors (Lipinski definition) is 0. The standard InChI is InChI=1S/C23H27NO6/c1-4-29-20-11-7-18(8-12-20)21(25)13-14-23(27)30-16-22(26)24(2)15-17-5-9-19(28-3)10-6-17/h5-12H,4,13-16H2,1-3H3. The summed E-state index contributed by atoms with van der Waals surface area (Å²) >= 11 is 0. The molecule has 0 bridgehead atoms. The first-order valence-electron chi connectivity index (χ1n) is 9.71. The zero-order chi connectivity index (χ0) is 21.9. The Morgan fingerprint density at radius 1 is 0.900 bits per heavy atom. The lowest BCUT2D eigenvalue weighted by Gasteiger charge is -2.17. The predicted molar refractivity (Wildman–Crippen MR) is 112 cm³/mol. The Morgan fingerprint density at radius 2 is 1.53 bits per heavy atom. The Balaban J connectivity index is 1.72. The smallest absolute Gasteiger partial charge is 0.306 e. The third-order valence-electron chi connectivity index (χ3n) is 4.40. The Morgan fingerprint density at radius 3 is 2.13 bits per heavy atom. The van der Waals surface area contributed by atoms with Gasteiger partial charge in [-0.05, 0) is 48.9 Å². The first-order valence-corrected chi connectivity index (χ1v) is 9.71. The van der Waals surface area contributed by atoms with Crippen LogP contribution in [0.5, 0.6) is 11.5 Å². The van der Waals surface area contributed by atoms with Crippen LogP contribution in [0.25, 0.3) is 0 Å². The number of likely N-dealkylation sites (N-methyl/N-ethyl adjacent to an activating group) is 1. The van der Waals surface area contributed by atoms with E-state index in [9.17, 15) is 14.4 Å². The van der Waals surface area contributed by atoms with E-state index in [0.29, 0.717) is 24.5 Å². The summed E-state index contributed by atoms with van der Waals surface area (Å²) in [4.78, 5) is 37.7. The van der Waals surface area contributed by atoms with Gasteiger partial charge in [-0.15, -0.1) is 0 Å². The van der Waals surface area contributed by atoms with Crippen LogP contribution in [0.3, 0.4) is 0 Å². The fourth-order valence-electron chi connectivity index (χ4n) is 2.68. The van der Waals surface area contributed by atoms with E-state index >= 15 is 0 Å². The summed E-state index contributed by atoms with van der Waals surface area (Å²) in [5.41, 5.74) is 1.43. The normalized spacial score (nSPS) is 10.2. The molecular weight excluding hydrogens is 386 g/mol. The van der Waals surface area contributed by atoms with Crippen LogP contribution >= 0.6 is 0 Å². The van der Waals surface area contributed by atoms with E-state index in [0.717, 1.165) is 11.3 Å². The highest BCUT2D eigenvalue weighted by Crippen LogP contribution is 2.15. The fourth-order valence-corrected chi connectivity index (χ4v) is 2.68. The molecule has 1 amide bonds. The average Bonchev–Trinajstić information content (AvgIpc) is 2.77. The fraction of sp³-hybridized carbons (Fsp3) is 0.348. The second kappa shape index (κ2) is 11.6. The summed E-state index contributed by atoms with van der Waals surface area (Å²) in [7, 11) is 3.22. The number of ketones is 1. The minimum atomic E-state index is -0.583. The van der Waals surface area contributed by atoms with Gasteiger partial charge in [0.15, 0.2) is 12.4 Å². The van der Waals surface area contributed by atoms with E-state index in [2.05, 4.69) is 0 Å². The Kier molecular flexibility index (Phi) is 8.87. The molecule has 0 unspecified atom stereocenters. The molecule has 30 heavy (non-hydrogen) atoms. The third kappa shape index (κ3) is 7.24. The lowest BCUT2D eigenvalue weighted by Crippen LogP contribution is -2.30. The number of hydrogen-bond acceptors (Lipinski definition) is 6. The second-order valence-electron chi connectivity index (χ2n) is 6.64. The average molecular weight is 413 g/mol. The lowest BCUT2D eigenvalue weighted by atomic mass is 10.1. The Hall–Kier alpha value is -3.35. The topological polar surface area (TPSA) is 82.1 Å². The summed E-state index contributed by atoms with van der Waals surface area (Å²) in [6, 6.07) is 14.1. The molecule has 160 valence electrons. The summed E-state index contributed by atoms with van der Waals surface area (Å²) in [5.74, 6) is 0.350. The molecule has 0 fully saturated rings. The summed E-state index contributed by atoms with van der Waals surface area (Å²) < 4.78 is 15.4. The molecule has 2 aromatic carbocycles. The number of esters is 1. The summed E-state index contributed by atoms with van der Waals surface area (Å²) in [6.07, 6.45) is -0.0653. The van der Waals surface area contributed by atoms with E-state index in [-0.39, 0.29) is 31.1 Å². The molecule has 0 aliphatic rings. The van der Waals surface area contributed by atoms with Crippen LogP contribution in [0, 0.1) is 0 Å². The van der Waals surface area contributed by atoms with Gasteiger partial charge in [0.2, 0.25) is 0 Å². The van der Waals surface area contributed by atoms with Crippen molar-refractivity contribution in [2.45, 2.75) is 26.3 Å². The van der Waals surface area contributed by atoms with Crippen molar-refractivity contribution in [2.24, 2.45) is 0 Å². The number of carbonyl (C=O) groups excluding carboxylic acids is 3. The van der Waals surface area contributed by atoms with Crippen LogP contribution in [0.1, 0.15) is 35.7 Å². The third-order valence-corrected chi connectivity index (χ3v) is 4.40. The molecule has 0 aliphatic heterocycles. The highest BCUT2D eigenvalue weighted by Gasteiger charge is 2.14. The largest absolute Gasteiger partial charge is 0.497 e. The minimum absolute atomic E-state index is 0.0166. The maximum absolute atomic E-state index is 12.2. The van der Waals surface area contributed by atoms with Crippen LogP contribution in [-0.4, -0.2) is 49.9 Å². The van der Waals surface area contributed by atoms with Crippen LogP contribution in [-0.2, 0) is 20.9 Å². The van der Waals surface area contributed by atoms with Gasteiger partial charge in [0.25, 0.3) is 5.91 Å². The number of methoxy groups -OCH3 is 1. The van der Waals surface area contributed by atoms with E-state index in [1.54, 1.807) is 38.4 Å². The van der Waals surface area contributed by atoms with Gasteiger partial charge in [0.05, 0.1) is 20.1 Å². The van der Waals surface area contributed by atoms with E-state index in [1.165, 1.54) is 4.90 Å². The molecule has 2 rings (SSSR count). The van der Waals surface area contributed by atoms with Crippen LogP contribution in [0.2, 0.25) is 0 Å². The second-order valence-corrected chi connectivity index (χ2v) is 6.64. The van der Waals surface area contributed by atoms with Crippen molar-refractivity contribution in [3.8, 4) is 11.5 Å². The number of nitrogens with zero attached hydrogens (tertiary/aromatic N) is 1.